The summed E-state index contributed by atoms with van der Waals surface area (Å²) in [6, 6.07) is 4.11. The van der Waals surface area contributed by atoms with E-state index in [1.54, 1.807) is 0 Å². The maximum atomic E-state index is 10.6. The van der Waals surface area contributed by atoms with Gasteiger partial charge >= 0.3 is 0 Å². The Morgan fingerprint density at radius 3 is 2.75 bits per heavy atom. The maximum absolute atomic E-state index is 10.6. The Balaban J connectivity index is 3.10. The summed E-state index contributed by atoms with van der Waals surface area (Å²) in [6.45, 7) is 0. The lowest BCUT2D eigenvalue weighted by molar-refractivity contribution is -0.384. The minimum absolute atomic E-state index is 0.118. The van der Waals surface area contributed by atoms with E-state index in [9.17, 15) is 14.9 Å². The molecule has 0 N–H and O–H groups in total. The Kier molecular flexibility index (Phi) is 4.67. The van der Waals surface area contributed by atoms with E-state index in [-0.39, 0.29) is 11.3 Å². The highest BCUT2D eigenvalue weighted by molar-refractivity contribution is 9.09. The van der Waals surface area contributed by atoms with Gasteiger partial charge in [-0.25, -0.2) is 0 Å². The lowest BCUT2D eigenvalue weighted by atomic mass is 10.1. The molecule has 0 radical (unpaired) electrons. The Morgan fingerprint density at radius 2 is 2.19 bits per heavy atom. The van der Waals surface area contributed by atoms with Crippen LogP contribution in [0.3, 0.4) is 0 Å². The van der Waals surface area contributed by atoms with Gasteiger partial charge in [0.2, 0.25) is 0 Å². The molecule has 0 atom stereocenters. The third-order valence-corrected chi connectivity index (χ3v) is 2.14. The van der Waals surface area contributed by atoms with Crippen molar-refractivity contribution in [1.82, 2.24) is 0 Å². The molecule has 1 aromatic carbocycles. The summed E-state index contributed by atoms with van der Waals surface area (Å²) in [7, 11) is 0. The zero-order chi connectivity index (χ0) is 12.0. The molecule has 0 fully saturated rings. The molecular weight excluding hydrogens is 274 g/mol. The van der Waals surface area contributed by atoms with Gasteiger partial charge in [-0.3, -0.25) is 14.9 Å². The number of non-ortho nitro benzene ring substituents is 1. The van der Waals surface area contributed by atoms with Crippen molar-refractivity contribution in [3.8, 4) is 11.8 Å². The van der Waals surface area contributed by atoms with E-state index < -0.39 is 4.92 Å². The predicted octanol–water partition coefficient (Wildman–Crippen LogP) is 2.54. The van der Waals surface area contributed by atoms with Crippen LogP contribution in [0.15, 0.2) is 18.2 Å². The minimum atomic E-state index is -0.539. The number of hydrogen-bond donors (Lipinski definition) is 0. The van der Waals surface area contributed by atoms with Crippen LogP contribution in [0.4, 0.5) is 5.69 Å². The van der Waals surface area contributed by atoms with Crippen LogP contribution in [-0.2, 0) is 0 Å². The van der Waals surface area contributed by atoms with Gasteiger partial charge in [0.15, 0.2) is 0 Å². The van der Waals surface area contributed by atoms with Crippen LogP contribution in [0.1, 0.15) is 22.3 Å². The number of nitro benzene ring substituents is 1. The van der Waals surface area contributed by atoms with Gasteiger partial charge in [0, 0.05) is 35.0 Å². The fourth-order valence-electron chi connectivity index (χ4n) is 1.09. The SMILES string of the molecule is O=Cc1cc(C#CCCBr)cc([N+](=O)[O-])c1. The molecule has 0 saturated carbocycles. The van der Waals surface area contributed by atoms with E-state index in [1.807, 2.05) is 0 Å². The van der Waals surface area contributed by atoms with Gasteiger partial charge < -0.3 is 0 Å². The molecular formula is C11H8BrNO3. The number of carbonyl (C=O) groups excluding carboxylic acids is 1. The highest BCUT2D eigenvalue weighted by Crippen LogP contribution is 2.15. The molecule has 0 aliphatic heterocycles. The summed E-state index contributed by atoms with van der Waals surface area (Å²) in [5.41, 5.74) is 0.627. The van der Waals surface area contributed by atoms with Crippen LogP contribution in [0, 0.1) is 22.0 Å². The molecule has 82 valence electrons. The normalized spacial score (nSPS) is 9.06. The standard InChI is InChI=1S/C11H8BrNO3/c12-4-2-1-3-9-5-10(8-14)7-11(6-9)13(15)16/h5-8H,2,4H2. The molecule has 0 aliphatic rings. The number of alkyl halides is 1. The second kappa shape index (κ2) is 6.03. The van der Waals surface area contributed by atoms with Gasteiger partial charge in [-0.05, 0) is 6.07 Å². The van der Waals surface area contributed by atoms with E-state index in [0.29, 0.717) is 18.3 Å². The number of halogens is 1. The minimum Gasteiger partial charge on any atom is -0.298 e. The third kappa shape index (κ3) is 3.48. The van der Waals surface area contributed by atoms with Gasteiger partial charge in [0.25, 0.3) is 5.69 Å². The van der Waals surface area contributed by atoms with E-state index in [0.717, 1.165) is 5.33 Å². The molecule has 0 heterocycles. The van der Waals surface area contributed by atoms with E-state index in [1.165, 1.54) is 18.2 Å². The van der Waals surface area contributed by atoms with E-state index >= 15 is 0 Å². The van der Waals surface area contributed by atoms with Crippen LogP contribution in [-0.4, -0.2) is 16.5 Å². The quantitative estimate of drug-likeness (QED) is 0.281. The average Bonchev–Trinajstić information content (AvgIpc) is 2.29. The van der Waals surface area contributed by atoms with E-state index in [2.05, 4.69) is 27.8 Å². The molecule has 4 nitrogen and oxygen atoms in total. The van der Waals surface area contributed by atoms with Crippen molar-refractivity contribution in [1.29, 1.82) is 0 Å². The van der Waals surface area contributed by atoms with Gasteiger partial charge in [-0.1, -0.05) is 27.8 Å². The first-order valence-electron chi connectivity index (χ1n) is 4.47. The van der Waals surface area contributed by atoms with E-state index in [4.69, 9.17) is 0 Å². The van der Waals surface area contributed by atoms with Crippen molar-refractivity contribution in [2.45, 2.75) is 6.42 Å². The van der Waals surface area contributed by atoms with Gasteiger partial charge in [-0.2, -0.15) is 0 Å². The summed E-state index contributed by atoms with van der Waals surface area (Å²) < 4.78 is 0. The van der Waals surface area contributed by atoms with Gasteiger partial charge in [0.05, 0.1) is 4.92 Å². The Labute approximate surface area is 101 Å². The van der Waals surface area contributed by atoms with Crippen molar-refractivity contribution >= 4 is 27.9 Å². The second-order valence-corrected chi connectivity index (χ2v) is 3.72. The first-order valence-corrected chi connectivity index (χ1v) is 5.59. The molecule has 1 rings (SSSR count). The molecule has 0 spiro atoms. The number of carbonyl (C=O) groups is 1. The smallest absolute Gasteiger partial charge is 0.271 e. The molecule has 5 heteroatoms. The molecule has 0 aromatic heterocycles. The van der Waals surface area contributed by atoms with Crippen LogP contribution in [0.25, 0.3) is 0 Å². The zero-order valence-electron chi connectivity index (χ0n) is 8.27. The number of benzene rings is 1. The number of aldehydes is 1. The first kappa shape index (κ1) is 12.4. The van der Waals surface area contributed by atoms with Crippen molar-refractivity contribution in [3.63, 3.8) is 0 Å². The highest BCUT2D eigenvalue weighted by Gasteiger charge is 2.08. The monoisotopic (exact) mass is 281 g/mol. The van der Waals surface area contributed by atoms with Crippen LogP contribution in [0.5, 0.6) is 0 Å². The topological polar surface area (TPSA) is 60.2 Å². The molecule has 0 amide bonds. The van der Waals surface area contributed by atoms with Gasteiger partial charge in [0.1, 0.15) is 6.29 Å². The van der Waals surface area contributed by atoms with Crippen LogP contribution in [0.2, 0.25) is 0 Å². The number of hydrogen-bond acceptors (Lipinski definition) is 3. The summed E-state index contributed by atoms with van der Waals surface area (Å²) in [6.07, 6.45) is 1.22. The molecule has 16 heavy (non-hydrogen) atoms. The molecule has 1 aromatic rings. The van der Waals surface area contributed by atoms with Crippen molar-refractivity contribution in [2.24, 2.45) is 0 Å². The number of rotatable bonds is 3. The summed E-state index contributed by atoms with van der Waals surface area (Å²) in [5, 5.41) is 11.3. The molecule has 0 saturated heterocycles. The highest BCUT2D eigenvalue weighted by atomic mass is 79.9. The van der Waals surface area contributed by atoms with Crippen LogP contribution >= 0.6 is 15.9 Å². The fraction of sp³-hybridized carbons (Fsp3) is 0.182. The van der Waals surface area contributed by atoms with Crippen LogP contribution < -0.4 is 0 Å². The zero-order valence-corrected chi connectivity index (χ0v) is 9.86. The number of nitrogens with zero attached hydrogens (tertiary/aromatic N) is 1. The maximum Gasteiger partial charge on any atom is 0.271 e. The fourth-order valence-corrected chi connectivity index (χ4v) is 1.29. The Morgan fingerprint density at radius 1 is 1.44 bits per heavy atom. The number of nitro groups is 1. The predicted molar refractivity (Wildman–Crippen MR) is 63.8 cm³/mol. The van der Waals surface area contributed by atoms with Crippen molar-refractivity contribution < 1.29 is 9.72 Å². The summed E-state index contributed by atoms with van der Waals surface area (Å²) >= 11 is 3.22. The molecule has 0 aliphatic carbocycles. The summed E-state index contributed by atoms with van der Waals surface area (Å²) in [5.74, 6) is 5.61. The lowest BCUT2D eigenvalue weighted by Crippen LogP contribution is -1.91. The lowest BCUT2D eigenvalue weighted by Gasteiger charge is -1.95. The largest absolute Gasteiger partial charge is 0.298 e. The Bertz CT molecular complexity index is 474. The van der Waals surface area contributed by atoms with Gasteiger partial charge in [-0.15, -0.1) is 0 Å². The second-order valence-electron chi connectivity index (χ2n) is 2.93. The molecule has 0 unspecified atom stereocenters. The first-order chi connectivity index (χ1) is 7.67. The Hall–Kier alpha value is -1.67. The average molecular weight is 282 g/mol. The van der Waals surface area contributed by atoms with Crippen molar-refractivity contribution in [2.75, 3.05) is 5.33 Å². The molecule has 0 bridgehead atoms. The van der Waals surface area contributed by atoms with Crippen molar-refractivity contribution in [3.05, 3.63) is 39.4 Å². The summed E-state index contributed by atoms with van der Waals surface area (Å²) in [4.78, 5) is 20.6. The third-order valence-electron chi connectivity index (χ3n) is 1.74.